The monoisotopic (exact) mass is 204 g/mol. The average molecular weight is 204 g/mol. The second kappa shape index (κ2) is 3.80. The molecule has 0 radical (unpaired) electrons. The molecule has 72 valence electrons. The van der Waals surface area contributed by atoms with Crippen molar-refractivity contribution in [2.45, 2.75) is 13.3 Å². The number of para-hydroxylation sites is 1. The summed E-state index contributed by atoms with van der Waals surface area (Å²) in [5.74, 6) is 0. The van der Waals surface area contributed by atoms with Crippen molar-refractivity contribution in [1.29, 1.82) is 0 Å². The minimum Gasteiger partial charge on any atom is -0.398 e. The third-order valence-corrected chi connectivity index (χ3v) is 3.08. The molecule has 0 saturated carbocycles. The highest BCUT2D eigenvalue weighted by Gasteiger charge is 2.05. The summed E-state index contributed by atoms with van der Waals surface area (Å²) in [5.41, 5.74) is 8.68. The lowest BCUT2D eigenvalue weighted by atomic mass is 10.1. The van der Waals surface area contributed by atoms with Crippen LogP contribution in [0, 0.1) is 0 Å². The average Bonchev–Trinajstić information content (AvgIpc) is 2.67. The molecule has 1 heterocycles. The van der Waals surface area contributed by atoms with Crippen LogP contribution < -0.4 is 5.73 Å². The van der Waals surface area contributed by atoms with Crippen LogP contribution in [0.3, 0.4) is 0 Å². The van der Waals surface area contributed by atoms with Crippen LogP contribution in [0.5, 0.6) is 0 Å². The smallest absolute Gasteiger partial charge is 0.0929 e. The zero-order valence-corrected chi connectivity index (χ0v) is 8.84. The van der Waals surface area contributed by atoms with Crippen molar-refractivity contribution in [3.05, 3.63) is 34.7 Å². The fourth-order valence-electron chi connectivity index (χ4n) is 1.33. The van der Waals surface area contributed by atoms with E-state index in [1.807, 2.05) is 24.3 Å². The van der Waals surface area contributed by atoms with E-state index in [1.54, 1.807) is 11.3 Å². The Balaban J connectivity index is 2.44. The van der Waals surface area contributed by atoms with E-state index in [1.165, 1.54) is 0 Å². The first-order valence-electron chi connectivity index (χ1n) is 4.60. The molecule has 3 heteroatoms. The number of hydrogen-bond acceptors (Lipinski definition) is 3. The highest BCUT2D eigenvalue weighted by atomic mass is 32.1. The van der Waals surface area contributed by atoms with Crippen molar-refractivity contribution in [1.82, 2.24) is 4.98 Å². The first-order valence-corrected chi connectivity index (χ1v) is 5.48. The van der Waals surface area contributed by atoms with E-state index in [2.05, 4.69) is 17.3 Å². The standard InChI is InChI=1S/C11H12N2S/c1-2-11-13-10(7-14-11)8-5-3-4-6-9(8)12/h3-7H,2,12H2,1H3. The van der Waals surface area contributed by atoms with E-state index in [4.69, 9.17) is 5.73 Å². The van der Waals surface area contributed by atoms with Crippen molar-refractivity contribution in [2.24, 2.45) is 0 Å². The molecule has 14 heavy (non-hydrogen) atoms. The fraction of sp³-hybridized carbons (Fsp3) is 0.182. The molecule has 2 N–H and O–H groups in total. The van der Waals surface area contributed by atoms with Gasteiger partial charge >= 0.3 is 0 Å². The van der Waals surface area contributed by atoms with Crippen LogP contribution in [0.4, 0.5) is 5.69 Å². The Labute approximate surface area is 87.4 Å². The first-order chi connectivity index (χ1) is 6.81. The number of hydrogen-bond donors (Lipinski definition) is 1. The summed E-state index contributed by atoms with van der Waals surface area (Å²) >= 11 is 1.69. The quantitative estimate of drug-likeness (QED) is 0.764. The number of nitrogens with two attached hydrogens (primary N) is 1. The van der Waals surface area contributed by atoms with E-state index < -0.39 is 0 Å². The van der Waals surface area contributed by atoms with Crippen molar-refractivity contribution >= 4 is 17.0 Å². The largest absolute Gasteiger partial charge is 0.398 e. The summed E-state index contributed by atoms with van der Waals surface area (Å²) in [6.07, 6.45) is 0.984. The van der Waals surface area contributed by atoms with Gasteiger partial charge in [0.2, 0.25) is 0 Å². The van der Waals surface area contributed by atoms with Gasteiger partial charge in [-0.15, -0.1) is 11.3 Å². The van der Waals surface area contributed by atoms with Gasteiger partial charge in [0.15, 0.2) is 0 Å². The topological polar surface area (TPSA) is 38.9 Å². The first kappa shape index (κ1) is 9.21. The molecule has 0 unspecified atom stereocenters. The van der Waals surface area contributed by atoms with E-state index in [-0.39, 0.29) is 0 Å². The normalized spacial score (nSPS) is 10.4. The van der Waals surface area contributed by atoms with E-state index >= 15 is 0 Å². The summed E-state index contributed by atoms with van der Waals surface area (Å²) in [6.45, 7) is 2.11. The van der Waals surface area contributed by atoms with Crippen molar-refractivity contribution < 1.29 is 0 Å². The van der Waals surface area contributed by atoms with Gasteiger partial charge in [0, 0.05) is 16.6 Å². The second-order valence-corrected chi connectivity index (χ2v) is 4.01. The van der Waals surface area contributed by atoms with Crippen LogP contribution in [0.2, 0.25) is 0 Å². The van der Waals surface area contributed by atoms with Crippen LogP contribution in [0.25, 0.3) is 11.3 Å². The fourth-order valence-corrected chi connectivity index (χ4v) is 2.07. The van der Waals surface area contributed by atoms with Crippen LogP contribution in [-0.4, -0.2) is 4.98 Å². The minimum atomic E-state index is 0.792. The molecule has 0 saturated heterocycles. The molecular weight excluding hydrogens is 192 g/mol. The summed E-state index contributed by atoms with van der Waals surface area (Å²) < 4.78 is 0. The lowest BCUT2D eigenvalue weighted by Crippen LogP contribution is -1.89. The Hall–Kier alpha value is -1.35. The Morgan fingerprint density at radius 1 is 1.36 bits per heavy atom. The number of thiazole rings is 1. The van der Waals surface area contributed by atoms with Gasteiger partial charge < -0.3 is 5.73 Å². The number of aromatic nitrogens is 1. The predicted octanol–water partition coefficient (Wildman–Crippen LogP) is 2.95. The van der Waals surface area contributed by atoms with Gasteiger partial charge in [0.05, 0.1) is 10.7 Å². The number of nitrogen functional groups attached to an aromatic ring is 1. The summed E-state index contributed by atoms with van der Waals surface area (Å²) in [4.78, 5) is 4.50. The Morgan fingerprint density at radius 3 is 2.79 bits per heavy atom. The summed E-state index contributed by atoms with van der Waals surface area (Å²) in [5, 5.41) is 3.22. The molecule has 2 aromatic rings. The van der Waals surface area contributed by atoms with Gasteiger partial charge in [0.25, 0.3) is 0 Å². The lowest BCUT2D eigenvalue weighted by Gasteiger charge is -2.00. The van der Waals surface area contributed by atoms with E-state index in [0.29, 0.717) is 0 Å². The molecule has 0 fully saturated rings. The predicted molar refractivity (Wildman–Crippen MR) is 61.3 cm³/mol. The molecule has 2 rings (SSSR count). The Bertz CT molecular complexity index is 434. The molecular formula is C11H12N2S. The third kappa shape index (κ3) is 1.63. The molecule has 2 nitrogen and oxygen atoms in total. The van der Waals surface area contributed by atoms with E-state index in [0.717, 1.165) is 28.4 Å². The molecule has 0 bridgehead atoms. The molecule has 0 spiro atoms. The summed E-state index contributed by atoms with van der Waals surface area (Å²) in [6, 6.07) is 7.83. The molecule has 0 amide bonds. The van der Waals surface area contributed by atoms with Gasteiger partial charge in [-0.1, -0.05) is 25.1 Å². The minimum absolute atomic E-state index is 0.792. The molecule has 0 aliphatic rings. The Kier molecular flexibility index (Phi) is 2.50. The second-order valence-electron chi connectivity index (χ2n) is 3.07. The Morgan fingerprint density at radius 2 is 2.14 bits per heavy atom. The maximum Gasteiger partial charge on any atom is 0.0929 e. The zero-order chi connectivity index (χ0) is 9.97. The lowest BCUT2D eigenvalue weighted by molar-refractivity contribution is 1.10. The molecule has 0 aliphatic heterocycles. The van der Waals surface area contributed by atoms with Crippen LogP contribution in [0.1, 0.15) is 11.9 Å². The zero-order valence-electron chi connectivity index (χ0n) is 8.03. The highest BCUT2D eigenvalue weighted by Crippen LogP contribution is 2.26. The van der Waals surface area contributed by atoms with Gasteiger partial charge in [-0.05, 0) is 12.5 Å². The van der Waals surface area contributed by atoms with E-state index in [9.17, 15) is 0 Å². The number of aryl methyl sites for hydroxylation is 1. The molecule has 0 aliphatic carbocycles. The molecule has 1 aromatic heterocycles. The summed E-state index contributed by atoms with van der Waals surface area (Å²) in [7, 11) is 0. The van der Waals surface area contributed by atoms with Crippen molar-refractivity contribution in [3.8, 4) is 11.3 Å². The maximum absolute atomic E-state index is 5.87. The highest BCUT2D eigenvalue weighted by molar-refractivity contribution is 7.09. The SMILES string of the molecule is CCc1nc(-c2ccccc2N)cs1. The van der Waals surface area contributed by atoms with Crippen molar-refractivity contribution in [2.75, 3.05) is 5.73 Å². The molecule has 1 aromatic carbocycles. The van der Waals surface area contributed by atoms with Crippen LogP contribution in [0.15, 0.2) is 29.6 Å². The van der Waals surface area contributed by atoms with Gasteiger partial charge in [-0.25, -0.2) is 4.98 Å². The van der Waals surface area contributed by atoms with Gasteiger partial charge in [-0.3, -0.25) is 0 Å². The van der Waals surface area contributed by atoms with Crippen LogP contribution >= 0.6 is 11.3 Å². The molecule has 0 atom stereocenters. The van der Waals surface area contributed by atoms with Crippen molar-refractivity contribution in [3.63, 3.8) is 0 Å². The number of nitrogens with zero attached hydrogens (tertiary/aromatic N) is 1. The maximum atomic E-state index is 5.87. The number of benzene rings is 1. The number of anilines is 1. The van der Waals surface area contributed by atoms with Gasteiger partial charge in [0.1, 0.15) is 0 Å². The van der Waals surface area contributed by atoms with Crippen LogP contribution in [-0.2, 0) is 6.42 Å². The number of rotatable bonds is 2. The van der Waals surface area contributed by atoms with Gasteiger partial charge in [-0.2, -0.15) is 0 Å². The third-order valence-electron chi connectivity index (χ3n) is 2.09.